The average Bonchev–Trinajstić information content (AvgIpc) is 3.02. The van der Waals surface area contributed by atoms with Gasteiger partial charge in [0.05, 0.1) is 20.8 Å². The Morgan fingerprint density at radius 1 is 1.22 bits per heavy atom. The van der Waals surface area contributed by atoms with E-state index in [1.807, 2.05) is 42.5 Å². The molecular weight excluding hydrogens is 455 g/mol. The van der Waals surface area contributed by atoms with Gasteiger partial charge in [0.1, 0.15) is 5.75 Å². The zero-order valence-corrected chi connectivity index (χ0v) is 18.2. The van der Waals surface area contributed by atoms with Crippen LogP contribution in [-0.4, -0.2) is 13.7 Å². The second-order valence-corrected chi connectivity index (χ2v) is 8.74. The summed E-state index contributed by atoms with van der Waals surface area (Å²) in [6.45, 7) is 2.57. The lowest BCUT2D eigenvalue weighted by atomic mass is 10.1. The number of rotatable bonds is 8. The van der Waals surface area contributed by atoms with Crippen molar-refractivity contribution in [3.8, 4) is 5.75 Å². The van der Waals surface area contributed by atoms with Crippen molar-refractivity contribution < 1.29 is 18.0 Å². The summed E-state index contributed by atoms with van der Waals surface area (Å²) in [5, 5.41) is 4.12. The van der Waals surface area contributed by atoms with Crippen LogP contribution < -0.4 is 10.1 Å². The van der Waals surface area contributed by atoms with Crippen LogP contribution in [0.25, 0.3) is 10.1 Å². The number of methoxy groups -OCH3 is 1. The molecule has 1 atom stereocenters. The number of benzene rings is 2. The summed E-state index contributed by atoms with van der Waals surface area (Å²) in [4.78, 5) is 0.0159. The SMILES string of the molecule is CCOPC(F)(F)c1sc2ccc(CNc3cccc(OC)c3)cc2c1Br. The van der Waals surface area contributed by atoms with E-state index in [1.54, 1.807) is 14.0 Å². The summed E-state index contributed by atoms with van der Waals surface area (Å²) in [6.07, 6.45) is 0. The predicted octanol–water partition coefficient (Wildman–Crippen LogP) is 6.96. The van der Waals surface area contributed by atoms with Gasteiger partial charge in [-0.05, 0) is 52.7 Å². The fourth-order valence-corrected chi connectivity index (χ4v) is 5.48. The molecule has 27 heavy (non-hydrogen) atoms. The van der Waals surface area contributed by atoms with E-state index in [0.29, 0.717) is 11.0 Å². The van der Waals surface area contributed by atoms with Gasteiger partial charge in [0.25, 0.3) is 0 Å². The van der Waals surface area contributed by atoms with Gasteiger partial charge in [-0.25, -0.2) is 0 Å². The first-order chi connectivity index (χ1) is 12.9. The van der Waals surface area contributed by atoms with Crippen molar-refractivity contribution >= 4 is 51.8 Å². The van der Waals surface area contributed by atoms with E-state index in [0.717, 1.165) is 38.4 Å². The van der Waals surface area contributed by atoms with Gasteiger partial charge in [0.2, 0.25) is 0 Å². The Morgan fingerprint density at radius 3 is 2.78 bits per heavy atom. The van der Waals surface area contributed by atoms with E-state index < -0.39 is 14.5 Å². The van der Waals surface area contributed by atoms with Gasteiger partial charge in [0, 0.05) is 39.5 Å². The highest BCUT2D eigenvalue weighted by atomic mass is 79.9. The van der Waals surface area contributed by atoms with Gasteiger partial charge >= 0.3 is 5.66 Å². The third kappa shape index (κ3) is 4.77. The van der Waals surface area contributed by atoms with Crippen LogP contribution in [0.15, 0.2) is 46.9 Å². The number of ether oxygens (including phenoxy) is 1. The topological polar surface area (TPSA) is 30.5 Å². The van der Waals surface area contributed by atoms with E-state index in [2.05, 4.69) is 21.2 Å². The minimum Gasteiger partial charge on any atom is -0.497 e. The van der Waals surface area contributed by atoms with Gasteiger partial charge in [-0.2, -0.15) is 8.78 Å². The number of hydrogen-bond acceptors (Lipinski definition) is 4. The van der Waals surface area contributed by atoms with Gasteiger partial charge in [-0.3, -0.25) is 0 Å². The van der Waals surface area contributed by atoms with Gasteiger partial charge < -0.3 is 14.6 Å². The van der Waals surface area contributed by atoms with Crippen LogP contribution in [0.5, 0.6) is 5.75 Å². The van der Waals surface area contributed by atoms with Crippen LogP contribution in [0.4, 0.5) is 14.5 Å². The second-order valence-electron chi connectivity index (χ2n) is 5.77. The van der Waals surface area contributed by atoms with Crippen LogP contribution in [0.1, 0.15) is 17.4 Å². The Bertz CT molecular complexity index is 935. The third-order valence-corrected chi connectivity index (χ3v) is 7.34. The number of thiophene rings is 1. The molecule has 1 heterocycles. The molecule has 0 bridgehead atoms. The van der Waals surface area contributed by atoms with Crippen LogP contribution in [0, 0.1) is 0 Å². The summed E-state index contributed by atoms with van der Waals surface area (Å²) >= 11 is 4.47. The van der Waals surface area contributed by atoms with Crippen molar-refractivity contribution in [1.29, 1.82) is 0 Å². The lowest BCUT2D eigenvalue weighted by Crippen LogP contribution is -2.05. The number of halogens is 3. The van der Waals surface area contributed by atoms with E-state index in [1.165, 1.54) is 0 Å². The van der Waals surface area contributed by atoms with Crippen LogP contribution in [0.2, 0.25) is 0 Å². The predicted molar refractivity (Wildman–Crippen MR) is 114 cm³/mol. The average molecular weight is 474 g/mol. The second kappa shape index (κ2) is 8.82. The first-order valence-electron chi connectivity index (χ1n) is 8.30. The third-order valence-electron chi connectivity index (χ3n) is 3.89. The maximum Gasteiger partial charge on any atom is 0.321 e. The molecular formula is C19H19BrF2NO2PS. The number of fused-ring (bicyclic) bond motifs is 1. The van der Waals surface area contributed by atoms with E-state index in [4.69, 9.17) is 9.26 Å². The Labute approximate surface area is 171 Å². The summed E-state index contributed by atoms with van der Waals surface area (Å²) < 4.78 is 40.3. The molecule has 144 valence electrons. The van der Waals surface area contributed by atoms with Crippen molar-refractivity contribution in [3.63, 3.8) is 0 Å². The maximum atomic E-state index is 14.4. The van der Waals surface area contributed by atoms with Crippen molar-refractivity contribution in [2.75, 3.05) is 19.0 Å². The maximum absolute atomic E-state index is 14.4. The molecule has 0 saturated carbocycles. The van der Waals surface area contributed by atoms with E-state index in [9.17, 15) is 8.78 Å². The zero-order valence-electron chi connectivity index (χ0n) is 14.8. The minimum atomic E-state index is -2.99. The molecule has 1 unspecified atom stereocenters. The molecule has 0 spiro atoms. The highest BCUT2D eigenvalue weighted by Crippen LogP contribution is 2.52. The Morgan fingerprint density at radius 2 is 2.04 bits per heavy atom. The molecule has 1 aromatic heterocycles. The molecule has 1 N–H and O–H groups in total. The Kier molecular flexibility index (Phi) is 6.69. The molecule has 0 amide bonds. The molecule has 0 radical (unpaired) electrons. The largest absolute Gasteiger partial charge is 0.497 e. The summed E-state index contributed by atoms with van der Waals surface area (Å²) in [5.74, 6) is 0.776. The monoisotopic (exact) mass is 473 g/mol. The normalized spacial score (nSPS) is 12.2. The van der Waals surface area contributed by atoms with Gasteiger partial charge in [-0.1, -0.05) is 12.1 Å². The number of alkyl halides is 2. The lowest BCUT2D eigenvalue weighted by molar-refractivity contribution is 0.0902. The lowest BCUT2D eigenvalue weighted by Gasteiger charge is -2.14. The van der Waals surface area contributed by atoms with Crippen molar-refractivity contribution in [3.05, 3.63) is 57.4 Å². The van der Waals surface area contributed by atoms with Crippen LogP contribution in [-0.2, 0) is 16.7 Å². The molecule has 8 heteroatoms. The summed E-state index contributed by atoms with van der Waals surface area (Å²) in [5.41, 5.74) is -1.05. The fraction of sp³-hybridized carbons (Fsp3) is 0.263. The highest BCUT2D eigenvalue weighted by Gasteiger charge is 2.37. The van der Waals surface area contributed by atoms with Crippen molar-refractivity contribution in [2.24, 2.45) is 0 Å². The van der Waals surface area contributed by atoms with Crippen LogP contribution in [0.3, 0.4) is 0 Å². The molecule has 3 nitrogen and oxygen atoms in total. The Hall–Kier alpha value is -1.27. The number of anilines is 1. The van der Waals surface area contributed by atoms with E-state index in [-0.39, 0.29) is 11.5 Å². The van der Waals surface area contributed by atoms with Gasteiger partial charge in [-0.15, -0.1) is 11.3 Å². The zero-order chi connectivity index (χ0) is 19.4. The molecule has 3 aromatic rings. The quantitative estimate of drug-likeness (QED) is 0.358. The molecule has 3 rings (SSSR count). The number of nitrogens with one attached hydrogen (secondary N) is 1. The molecule has 0 aliphatic rings. The van der Waals surface area contributed by atoms with Gasteiger partial charge in [0.15, 0.2) is 0 Å². The summed E-state index contributed by atoms with van der Waals surface area (Å²) in [6, 6.07) is 13.4. The molecule has 0 fully saturated rings. The molecule has 0 saturated heterocycles. The van der Waals surface area contributed by atoms with E-state index >= 15 is 0 Å². The van der Waals surface area contributed by atoms with Crippen molar-refractivity contribution in [1.82, 2.24) is 0 Å². The fourth-order valence-electron chi connectivity index (χ4n) is 2.57. The van der Waals surface area contributed by atoms with Crippen LogP contribution >= 0.6 is 36.1 Å². The molecule has 0 aliphatic carbocycles. The standard InChI is InChI=1S/C19H19BrF2NO2PS/c1-3-25-26-19(21,22)18-17(20)15-9-12(7-8-16(15)27-18)11-23-13-5-4-6-14(10-13)24-2/h4-10,23,26H,3,11H2,1-2H3. The van der Waals surface area contributed by atoms with Crippen molar-refractivity contribution in [2.45, 2.75) is 19.1 Å². The summed E-state index contributed by atoms with van der Waals surface area (Å²) in [7, 11) is 0.743. The first-order valence-corrected chi connectivity index (χ1v) is 10.8. The molecule has 2 aromatic carbocycles. The highest BCUT2D eigenvalue weighted by molar-refractivity contribution is 9.10. The minimum absolute atomic E-state index is 0.0159. The molecule has 0 aliphatic heterocycles. The number of hydrogen-bond donors (Lipinski definition) is 1. The first kappa shape index (κ1) is 20.5. The smallest absolute Gasteiger partial charge is 0.321 e. The Balaban J connectivity index is 1.81.